The Morgan fingerprint density at radius 3 is 2.47 bits per heavy atom. The number of anilines is 1. The minimum Gasteiger partial charge on any atom is -0.379 e. The summed E-state index contributed by atoms with van der Waals surface area (Å²) in [6.45, 7) is 13.5. The van der Waals surface area contributed by atoms with Gasteiger partial charge in [0.25, 0.3) is 0 Å². The second-order valence-corrected chi connectivity index (χ2v) is 10.4. The van der Waals surface area contributed by atoms with Crippen molar-refractivity contribution in [1.82, 2.24) is 19.8 Å². The van der Waals surface area contributed by atoms with E-state index in [2.05, 4.69) is 46.7 Å². The van der Waals surface area contributed by atoms with Gasteiger partial charge in [-0.05, 0) is 43.5 Å². The number of nitrogens with zero attached hydrogens (tertiary/aromatic N) is 6. The summed E-state index contributed by atoms with van der Waals surface area (Å²) in [4.78, 5) is 20.0. The van der Waals surface area contributed by atoms with Gasteiger partial charge in [-0.2, -0.15) is 5.26 Å². The predicted molar refractivity (Wildman–Crippen MR) is 136 cm³/mol. The average molecular weight is 477 g/mol. The zero-order valence-corrected chi connectivity index (χ0v) is 20.9. The van der Waals surface area contributed by atoms with Crippen molar-refractivity contribution in [2.45, 2.75) is 33.4 Å². The van der Waals surface area contributed by atoms with E-state index in [1.54, 1.807) is 11.3 Å². The number of thiophene rings is 1. The fourth-order valence-electron chi connectivity index (χ4n) is 4.81. The molecular formula is C26H32N6OS. The van der Waals surface area contributed by atoms with Gasteiger partial charge in [0.15, 0.2) is 0 Å². The van der Waals surface area contributed by atoms with Gasteiger partial charge in [0.2, 0.25) is 0 Å². The quantitative estimate of drug-likeness (QED) is 0.556. The third-order valence-electron chi connectivity index (χ3n) is 6.90. The standard InChI is InChI=1S/C26H32N6OS/c1-19-20(2)34-26-24(19)25(28-23(29-26)18-31-12-14-33-15-13-31)32-9-3-8-30(10-11-32)17-22-6-4-21(16-27)5-7-22/h4-7H,3,8-15,17-18H2,1-2H3. The molecule has 4 heterocycles. The molecule has 178 valence electrons. The Morgan fingerprint density at radius 2 is 1.71 bits per heavy atom. The summed E-state index contributed by atoms with van der Waals surface area (Å²) in [5.41, 5.74) is 3.29. The number of nitriles is 1. The molecule has 2 aliphatic rings. The van der Waals surface area contributed by atoms with Gasteiger partial charge in [-0.1, -0.05) is 12.1 Å². The van der Waals surface area contributed by atoms with Gasteiger partial charge < -0.3 is 9.64 Å². The first kappa shape index (κ1) is 23.2. The van der Waals surface area contributed by atoms with E-state index in [1.165, 1.54) is 21.4 Å². The lowest BCUT2D eigenvalue weighted by atomic mass is 10.1. The van der Waals surface area contributed by atoms with Gasteiger partial charge >= 0.3 is 0 Å². The number of hydrogen-bond donors (Lipinski definition) is 0. The second kappa shape index (κ2) is 10.4. The summed E-state index contributed by atoms with van der Waals surface area (Å²) in [6, 6.07) is 10.2. The molecule has 2 saturated heterocycles. The molecule has 0 atom stereocenters. The minimum absolute atomic E-state index is 0.716. The van der Waals surface area contributed by atoms with E-state index in [0.717, 1.165) is 88.5 Å². The number of hydrogen-bond acceptors (Lipinski definition) is 8. The van der Waals surface area contributed by atoms with Crippen LogP contribution in [0.4, 0.5) is 5.82 Å². The van der Waals surface area contributed by atoms with Crippen LogP contribution in [-0.2, 0) is 17.8 Å². The summed E-state index contributed by atoms with van der Waals surface area (Å²) in [5.74, 6) is 2.03. The highest BCUT2D eigenvalue weighted by Gasteiger charge is 2.23. The van der Waals surface area contributed by atoms with Crippen LogP contribution in [0.25, 0.3) is 10.2 Å². The maximum Gasteiger partial charge on any atom is 0.146 e. The normalized spacial score (nSPS) is 18.2. The first-order valence-corrected chi connectivity index (χ1v) is 13.0. The summed E-state index contributed by atoms with van der Waals surface area (Å²) >= 11 is 1.79. The van der Waals surface area contributed by atoms with Gasteiger partial charge in [-0.25, -0.2) is 9.97 Å². The van der Waals surface area contributed by atoms with Crippen molar-refractivity contribution in [3.8, 4) is 6.07 Å². The molecule has 0 radical (unpaired) electrons. The van der Waals surface area contributed by atoms with E-state index in [1.807, 2.05) is 12.1 Å². The predicted octanol–water partition coefficient (Wildman–Crippen LogP) is 3.72. The summed E-state index contributed by atoms with van der Waals surface area (Å²) in [5, 5.41) is 10.3. The van der Waals surface area contributed by atoms with E-state index >= 15 is 0 Å². The number of fused-ring (bicyclic) bond motifs is 1. The molecule has 0 spiro atoms. The van der Waals surface area contributed by atoms with Crippen molar-refractivity contribution < 1.29 is 4.74 Å². The number of benzene rings is 1. The number of ether oxygens (including phenoxy) is 1. The highest BCUT2D eigenvalue weighted by atomic mass is 32.1. The molecular weight excluding hydrogens is 444 g/mol. The maximum atomic E-state index is 9.05. The van der Waals surface area contributed by atoms with E-state index in [0.29, 0.717) is 5.56 Å². The average Bonchev–Trinajstić information content (AvgIpc) is 3.00. The van der Waals surface area contributed by atoms with Gasteiger partial charge in [-0.3, -0.25) is 9.80 Å². The largest absolute Gasteiger partial charge is 0.379 e. The van der Waals surface area contributed by atoms with Crippen LogP contribution in [0.3, 0.4) is 0 Å². The molecule has 0 amide bonds. The van der Waals surface area contributed by atoms with Crippen molar-refractivity contribution in [1.29, 1.82) is 5.26 Å². The summed E-state index contributed by atoms with van der Waals surface area (Å²) in [6.07, 6.45) is 1.10. The molecule has 5 rings (SSSR count). The highest BCUT2D eigenvalue weighted by molar-refractivity contribution is 7.18. The Labute approximate surface area is 205 Å². The minimum atomic E-state index is 0.716. The van der Waals surface area contributed by atoms with E-state index in [9.17, 15) is 0 Å². The molecule has 0 bridgehead atoms. The van der Waals surface area contributed by atoms with Crippen molar-refractivity contribution in [2.75, 3.05) is 57.4 Å². The molecule has 7 nitrogen and oxygen atoms in total. The first-order chi connectivity index (χ1) is 16.6. The Hall–Kier alpha value is -2.57. The number of rotatable bonds is 5. The first-order valence-electron chi connectivity index (χ1n) is 12.1. The van der Waals surface area contributed by atoms with Crippen LogP contribution in [0.2, 0.25) is 0 Å². The van der Waals surface area contributed by atoms with Crippen LogP contribution in [0.5, 0.6) is 0 Å². The van der Waals surface area contributed by atoms with Crippen LogP contribution in [-0.4, -0.2) is 72.3 Å². The Bertz CT molecular complexity index is 1180. The molecule has 0 N–H and O–H groups in total. The van der Waals surface area contributed by atoms with Crippen molar-refractivity contribution in [2.24, 2.45) is 0 Å². The third kappa shape index (κ3) is 5.08. The smallest absolute Gasteiger partial charge is 0.146 e. The van der Waals surface area contributed by atoms with Crippen LogP contribution in [0.15, 0.2) is 24.3 Å². The van der Waals surface area contributed by atoms with Gasteiger partial charge in [0.1, 0.15) is 16.5 Å². The van der Waals surface area contributed by atoms with Crippen LogP contribution < -0.4 is 4.90 Å². The molecule has 0 saturated carbocycles. The zero-order valence-electron chi connectivity index (χ0n) is 20.1. The molecule has 0 unspecified atom stereocenters. The number of aromatic nitrogens is 2. The lowest BCUT2D eigenvalue weighted by Crippen LogP contribution is -2.36. The molecule has 8 heteroatoms. The molecule has 2 fully saturated rings. The number of morpholine rings is 1. The Kier molecular flexibility index (Phi) is 7.07. The van der Waals surface area contributed by atoms with Crippen molar-refractivity contribution in [3.05, 3.63) is 51.7 Å². The van der Waals surface area contributed by atoms with Crippen LogP contribution >= 0.6 is 11.3 Å². The lowest BCUT2D eigenvalue weighted by molar-refractivity contribution is 0.0331. The van der Waals surface area contributed by atoms with Crippen LogP contribution in [0.1, 0.15) is 33.8 Å². The SMILES string of the molecule is Cc1sc2nc(CN3CCOCC3)nc(N3CCCN(Cc4ccc(C#N)cc4)CC3)c2c1C. The molecule has 1 aromatic carbocycles. The summed E-state index contributed by atoms with van der Waals surface area (Å²) < 4.78 is 5.52. The highest BCUT2D eigenvalue weighted by Crippen LogP contribution is 2.35. The molecule has 3 aromatic rings. The van der Waals surface area contributed by atoms with E-state index in [-0.39, 0.29) is 0 Å². The van der Waals surface area contributed by atoms with Gasteiger partial charge in [0.05, 0.1) is 36.8 Å². The fraction of sp³-hybridized carbons (Fsp3) is 0.500. The van der Waals surface area contributed by atoms with E-state index < -0.39 is 0 Å². The van der Waals surface area contributed by atoms with Crippen molar-refractivity contribution >= 4 is 27.4 Å². The molecule has 0 aliphatic carbocycles. The van der Waals surface area contributed by atoms with Crippen LogP contribution in [0, 0.1) is 25.2 Å². The third-order valence-corrected chi connectivity index (χ3v) is 8.00. The Balaban J connectivity index is 1.36. The monoisotopic (exact) mass is 476 g/mol. The van der Waals surface area contributed by atoms with Gasteiger partial charge in [-0.15, -0.1) is 11.3 Å². The maximum absolute atomic E-state index is 9.05. The second-order valence-electron chi connectivity index (χ2n) is 9.24. The zero-order chi connectivity index (χ0) is 23.5. The molecule has 34 heavy (non-hydrogen) atoms. The van der Waals surface area contributed by atoms with E-state index in [4.69, 9.17) is 20.0 Å². The summed E-state index contributed by atoms with van der Waals surface area (Å²) in [7, 11) is 0. The fourth-order valence-corrected chi connectivity index (χ4v) is 5.86. The topological polar surface area (TPSA) is 68.5 Å². The lowest BCUT2D eigenvalue weighted by Gasteiger charge is -2.27. The van der Waals surface area contributed by atoms with Crippen molar-refractivity contribution in [3.63, 3.8) is 0 Å². The number of aryl methyl sites for hydroxylation is 2. The van der Waals surface area contributed by atoms with Gasteiger partial charge in [0, 0.05) is 50.7 Å². The Morgan fingerprint density at radius 1 is 0.941 bits per heavy atom. The molecule has 2 aromatic heterocycles. The molecule has 2 aliphatic heterocycles.